The van der Waals surface area contributed by atoms with E-state index in [1.807, 2.05) is 6.08 Å². The highest BCUT2D eigenvalue weighted by atomic mass is 19.1. The van der Waals surface area contributed by atoms with Gasteiger partial charge in [-0.15, -0.1) is 0 Å². The van der Waals surface area contributed by atoms with Gasteiger partial charge in [0.15, 0.2) is 18.2 Å². The van der Waals surface area contributed by atoms with Crippen LogP contribution in [0.15, 0.2) is 83.5 Å². The Kier molecular flexibility index (Phi) is 6.40. The summed E-state index contributed by atoms with van der Waals surface area (Å²) in [7, 11) is 0. The van der Waals surface area contributed by atoms with Crippen molar-refractivity contribution in [1.82, 2.24) is 5.01 Å². The van der Waals surface area contributed by atoms with Crippen LogP contribution in [0.25, 0.3) is 6.08 Å². The number of fused-ring (bicyclic) bond motifs is 1. The number of carbonyl (C=O) groups is 1. The Morgan fingerprint density at radius 3 is 2.37 bits per heavy atom. The molecule has 1 aliphatic carbocycles. The zero-order chi connectivity index (χ0) is 24.4. The van der Waals surface area contributed by atoms with Crippen molar-refractivity contribution >= 4 is 17.7 Å². The van der Waals surface area contributed by atoms with E-state index < -0.39 is 17.8 Å². The Balaban J connectivity index is 1.47. The van der Waals surface area contributed by atoms with Crippen molar-refractivity contribution < 1.29 is 22.7 Å². The minimum absolute atomic E-state index is 0.0136. The van der Waals surface area contributed by atoms with E-state index in [2.05, 4.69) is 0 Å². The van der Waals surface area contributed by atoms with Gasteiger partial charge in [-0.2, -0.15) is 5.10 Å². The number of para-hydroxylation sites is 1. The van der Waals surface area contributed by atoms with Gasteiger partial charge in [-0.25, -0.2) is 18.2 Å². The van der Waals surface area contributed by atoms with Crippen molar-refractivity contribution in [1.29, 1.82) is 0 Å². The van der Waals surface area contributed by atoms with Gasteiger partial charge in [0, 0.05) is 5.92 Å². The third-order valence-corrected chi connectivity index (χ3v) is 6.37. The number of hydrazone groups is 1. The molecule has 1 heterocycles. The number of hydrogen-bond acceptors (Lipinski definition) is 3. The van der Waals surface area contributed by atoms with Gasteiger partial charge < -0.3 is 4.74 Å². The third-order valence-electron chi connectivity index (χ3n) is 6.37. The Labute approximate surface area is 201 Å². The van der Waals surface area contributed by atoms with Crippen molar-refractivity contribution in [2.45, 2.75) is 25.3 Å². The molecule has 3 aromatic rings. The van der Waals surface area contributed by atoms with E-state index in [-0.39, 0.29) is 29.9 Å². The predicted molar refractivity (Wildman–Crippen MR) is 127 cm³/mol. The summed E-state index contributed by atoms with van der Waals surface area (Å²) >= 11 is 0. The second-order valence-electron chi connectivity index (χ2n) is 8.66. The molecule has 0 bridgehead atoms. The molecular weight excluding hydrogens is 453 g/mol. The SMILES string of the molecule is O=C(COc1ccccc1F)N1N=C2/C(=C/c3ccc(F)cc3)CCCC2C1c1ccc(F)cc1. The highest BCUT2D eigenvalue weighted by Gasteiger charge is 2.43. The Morgan fingerprint density at radius 2 is 1.66 bits per heavy atom. The molecule has 2 unspecified atom stereocenters. The van der Waals surface area contributed by atoms with Crippen LogP contribution < -0.4 is 4.74 Å². The highest BCUT2D eigenvalue weighted by molar-refractivity contribution is 6.08. The van der Waals surface area contributed by atoms with Crippen LogP contribution in [-0.2, 0) is 4.79 Å². The van der Waals surface area contributed by atoms with Crippen LogP contribution in [0.4, 0.5) is 13.2 Å². The molecule has 2 aliphatic rings. The van der Waals surface area contributed by atoms with E-state index in [0.717, 1.165) is 41.7 Å². The highest BCUT2D eigenvalue weighted by Crippen LogP contribution is 2.44. The molecule has 0 N–H and O–H groups in total. The van der Waals surface area contributed by atoms with Crippen molar-refractivity contribution in [2.75, 3.05) is 6.61 Å². The van der Waals surface area contributed by atoms with Crippen LogP contribution >= 0.6 is 0 Å². The number of nitrogens with zero attached hydrogens (tertiary/aromatic N) is 2. The largest absolute Gasteiger partial charge is 0.481 e. The molecule has 1 fully saturated rings. The summed E-state index contributed by atoms with van der Waals surface area (Å²) in [5.41, 5.74) is 3.37. The topological polar surface area (TPSA) is 41.9 Å². The summed E-state index contributed by atoms with van der Waals surface area (Å²) in [6.45, 7) is -0.390. The number of amides is 1. The Bertz CT molecular complexity index is 1290. The predicted octanol–water partition coefficient (Wildman–Crippen LogP) is 6.31. The third kappa shape index (κ3) is 4.85. The average Bonchev–Trinajstić information content (AvgIpc) is 3.26. The van der Waals surface area contributed by atoms with Gasteiger partial charge >= 0.3 is 0 Å². The maximum atomic E-state index is 14.0. The van der Waals surface area contributed by atoms with Gasteiger partial charge in [0.05, 0.1) is 11.8 Å². The van der Waals surface area contributed by atoms with E-state index >= 15 is 0 Å². The first-order chi connectivity index (χ1) is 17.0. The van der Waals surface area contributed by atoms with Crippen LogP contribution in [-0.4, -0.2) is 23.2 Å². The summed E-state index contributed by atoms with van der Waals surface area (Å²) in [4.78, 5) is 13.3. The molecule has 0 spiro atoms. The van der Waals surface area contributed by atoms with E-state index in [1.54, 1.807) is 36.4 Å². The van der Waals surface area contributed by atoms with Crippen LogP contribution in [0.2, 0.25) is 0 Å². The summed E-state index contributed by atoms with van der Waals surface area (Å²) in [6.07, 6.45) is 4.44. The number of halogens is 3. The van der Waals surface area contributed by atoms with Gasteiger partial charge in [-0.05, 0) is 78.4 Å². The monoisotopic (exact) mass is 476 g/mol. The second kappa shape index (κ2) is 9.78. The Hall–Kier alpha value is -3.87. The molecule has 178 valence electrons. The van der Waals surface area contributed by atoms with Crippen molar-refractivity contribution in [3.05, 3.63) is 107 Å². The lowest BCUT2D eigenvalue weighted by Gasteiger charge is -2.29. The lowest BCUT2D eigenvalue weighted by Crippen LogP contribution is -2.34. The first-order valence-electron chi connectivity index (χ1n) is 11.5. The minimum Gasteiger partial charge on any atom is -0.481 e. The van der Waals surface area contributed by atoms with Crippen molar-refractivity contribution in [3.63, 3.8) is 0 Å². The summed E-state index contributed by atoms with van der Waals surface area (Å²) < 4.78 is 46.4. The number of carbonyl (C=O) groups excluding carboxylic acids is 1. The zero-order valence-electron chi connectivity index (χ0n) is 18.8. The van der Waals surface area contributed by atoms with Gasteiger partial charge in [0.2, 0.25) is 0 Å². The average molecular weight is 476 g/mol. The molecule has 4 nitrogen and oxygen atoms in total. The molecule has 0 saturated heterocycles. The fourth-order valence-electron chi connectivity index (χ4n) is 4.73. The molecule has 35 heavy (non-hydrogen) atoms. The number of rotatable bonds is 5. The van der Waals surface area contributed by atoms with E-state index in [1.165, 1.54) is 41.4 Å². The van der Waals surface area contributed by atoms with E-state index in [9.17, 15) is 18.0 Å². The smallest absolute Gasteiger partial charge is 0.281 e. The Morgan fingerprint density at radius 1 is 0.971 bits per heavy atom. The molecule has 0 radical (unpaired) electrons. The lowest BCUT2D eigenvalue weighted by molar-refractivity contribution is -0.135. The van der Waals surface area contributed by atoms with E-state index in [4.69, 9.17) is 9.84 Å². The maximum Gasteiger partial charge on any atom is 0.281 e. The van der Waals surface area contributed by atoms with Crippen molar-refractivity contribution in [3.8, 4) is 5.75 Å². The van der Waals surface area contributed by atoms with Crippen molar-refractivity contribution in [2.24, 2.45) is 11.0 Å². The number of allylic oxidation sites excluding steroid dienone is 1. The van der Waals surface area contributed by atoms with Crippen LogP contribution in [0.3, 0.4) is 0 Å². The lowest BCUT2D eigenvalue weighted by atomic mass is 9.77. The number of ether oxygens (including phenoxy) is 1. The summed E-state index contributed by atoms with van der Waals surface area (Å²) in [5, 5.41) is 6.10. The molecule has 7 heteroatoms. The summed E-state index contributed by atoms with van der Waals surface area (Å²) in [6, 6.07) is 17.7. The summed E-state index contributed by atoms with van der Waals surface area (Å²) in [5.74, 6) is -1.75. The van der Waals surface area contributed by atoms with Gasteiger partial charge in [0.1, 0.15) is 11.6 Å². The normalized spacial score (nSPS) is 20.5. The first-order valence-corrected chi connectivity index (χ1v) is 11.5. The number of benzene rings is 3. The molecular formula is C28H23F3N2O2. The minimum atomic E-state index is -0.554. The van der Waals surface area contributed by atoms with Gasteiger partial charge in [-0.3, -0.25) is 4.79 Å². The van der Waals surface area contributed by atoms with Crippen LogP contribution in [0, 0.1) is 23.4 Å². The molecule has 3 aromatic carbocycles. The molecule has 1 amide bonds. The molecule has 1 aliphatic heterocycles. The quantitative estimate of drug-likeness (QED) is 0.433. The second-order valence-corrected chi connectivity index (χ2v) is 8.66. The maximum absolute atomic E-state index is 14.0. The van der Waals surface area contributed by atoms with Crippen LogP contribution in [0.5, 0.6) is 5.75 Å². The first kappa shape index (κ1) is 22.9. The standard InChI is InChI=1S/C28H23F3N2O2/c29-21-12-8-18(9-13-21)16-20-4-3-5-23-27(20)32-33(28(23)19-10-14-22(30)15-11-19)26(34)17-35-25-7-2-1-6-24(25)31/h1-2,6-16,23,28H,3-5,17H2/b20-16+. The van der Waals surface area contributed by atoms with Crippen LogP contribution in [0.1, 0.15) is 36.4 Å². The molecule has 2 atom stereocenters. The van der Waals surface area contributed by atoms with Gasteiger partial charge in [-0.1, -0.05) is 36.4 Å². The van der Waals surface area contributed by atoms with Gasteiger partial charge in [0.25, 0.3) is 5.91 Å². The number of hydrogen-bond donors (Lipinski definition) is 0. The van der Waals surface area contributed by atoms with E-state index in [0.29, 0.717) is 0 Å². The molecule has 1 saturated carbocycles. The fraction of sp³-hybridized carbons (Fsp3) is 0.214. The zero-order valence-corrected chi connectivity index (χ0v) is 18.8. The molecule has 0 aromatic heterocycles. The fourth-order valence-corrected chi connectivity index (χ4v) is 4.73. The molecule has 5 rings (SSSR count).